The molecule has 0 aromatic carbocycles. The molecule has 1 atom stereocenters. The fourth-order valence-electron chi connectivity index (χ4n) is 3.70. The molecular formula is C24H48N2O4Si. The van der Waals surface area contributed by atoms with E-state index < -0.39 is 13.9 Å². The van der Waals surface area contributed by atoms with Crippen LogP contribution in [0.25, 0.3) is 0 Å². The largest absolute Gasteiger partial charge is 0.444 e. The van der Waals surface area contributed by atoms with Gasteiger partial charge < -0.3 is 19.0 Å². The van der Waals surface area contributed by atoms with Gasteiger partial charge >= 0.3 is 6.09 Å². The van der Waals surface area contributed by atoms with Gasteiger partial charge in [0.05, 0.1) is 0 Å². The Morgan fingerprint density at radius 3 is 1.97 bits per heavy atom. The second-order valence-electron chi connectivity index (χ2n) is 11.4. The molecule has 0 spiro atoms. The summed E-state index contributed by atoms with van der Waals surface area (Å²) < 4.78 is 12.1. The minimum atomic E-state index is -1.89. The number of carbonyl (C=O) groups is 2. The van der Waals surface area contributed by atoms with Crippen LogP contribution in [0.2, 0.25) is 18.1 Å². The minimum absolute atomic E-state index is 0.139. The molecule has 1 aliphatic rings. The number of carbonyl (C=O) groups excluding carboxylic acids is 2. The third-order valence-corrected chi connectivity index (χ3v) is 11.4. The van der Waals surface area contributed by atoms with E-state index in [-0.39, 0.29) is 23.0 Å². The number of likely N-dealkylation sites (tertiary alicyclic amines) is 1. The van der Waals surface area contributed by atoms with Gasteiger partial charge in [0.25, 0.3) is 0 Å². The van der Waals surface area contributed by atoms with E-state index in [0.29, 0.717) is 32.0 Å². The molecule has 1 saturated heterocycles. The van der Waals surface area contributed by atoms with E-state index in [1.807, 2.05) is 39.5 Å². The molecule has 0 aromatic rings. The van der Waals surface area contributed by atoms with Gasteiger partial charge in [-0.1, -0.05) is 20.8 Å². The lowest BCUT2D eigenvalue weighted by atomic mass is 9.82. The second-order valence-corrected chi connectivity index (χ2v) is 16.2. The van der Waals surface area contributed by atoms with E-state index in [4.69, 9.17) is 9.16 Å². The molecular weight excluding hydrogens is 408 g/mol. The van der Waals surface area contributed by atoms with Crippen molar-refractivity contribution in [2.75, 3.05) is 32.8 Å². The van der Waals surface area contributed by atoms with Crippen molar-refractivity contribution in [3.05, 3.63) is 0 Å². The molecule has 0 bridgehead atoms. The molecule has 0 saturated carbocycles. The van der Waals surface area contributed by atoms with Crippen molar-refractivity contribution in [2.45, 2.75) is 98.4 Å². The van der Waals surface area contributed by atoms with Crippen LogP contribution in [0.5, 0.6) is 0 Å². The van der Waals surface area contributed by atoms with Crippen LogP contribution in [0.1, 0.15) is 74.7 Å². The summed E-state index contributed by atoms with van der Waals surface area (Å²) in [4.78, 5) is 29.0. The van der Waals surface area contributed by atoms with Crippen molar-refractivity contribution in [3.8, 4) is 0 Å². The summed E-state index contributed by atoms with van der Waals surface area (Å²) in [6.07, 6.45) is 2.05. The Morgan fingerprint density at radius 1 is 1.03 bits per heavy atom. The molecule has 182 valence electrons. The number of amides is 2. The molecule has 2 amide bonds. The molecule has 6 nitrogen and oxygen atoms in total. The molecule has 1 heterocycles. The van der Waals surface area contributed by atoms with Crippen LogP contribution in [0.3, 0.4) is 0 Å². The van der Waals surface area contributed by atoms with E-state index in [1.54, 1.807) is 4.90 Å². The number of rotatable bonds is 8. The molecule has 0 aliphatic carbocycles. The Bertz CT molecular complexity index is 583. The van der Waals surface area contributed by atoms with Gasteiger partial charge in [-0.2, -0.15) is 0 Å². The van der Waals surface area contributed by atoms with E-state index >= 15 is 0 Å². The standard InChI is InChI=1S/C24H48N2O4Si/c1-11-25(12-2)21(27)17-20(18-29-31(9,10)24(6,7)8)19-13-15-26(16-14-19)22(28)30-23(3,4)5/h19-20H,11-18H2,1-10H3/t20-/m0/s1. The van der Waals surface area contributed by atoms with Crippen molar-refractivity contribution in [2.24, 2.45) is 11.8 Å². The van der Waals surface area contributed by atoms with Crippen LogP contribution in [0.15, 0.2) is 0 Å². The quantitative estimate of drug-likeness (QED) is 0.451. The first-order valence-electron chi connectivity index (χ1n) is 12.0. The third kappa shape index (κ3) is 8.76. The van der Waals surface area contributed by atoms with E-state index in [2.05, 4.69) is 33.9 Å². The predicted molar refractivity (Wildman–Crippen MR) is 130 cm³/mol. The van der Waals surface area contributed by atoms with Gasteiger partial charge in [-0.3, -0.25) is 4.79 Å². The molecule has 0 radical (unpaired) electrons. The van der Waals surface area contributed by atoms with Crippen LogP contribution in [0.4, 0.5) is 4.79 Å². The molecule has 1 aliphatic heterocycles. The van der Waals surface area contributed by atoms with E-state index in [0.717, 1.165) is 25.9 Å². The van der Waals surface area contributed by atoms with E-state index in [1.165, 1.54) is 0 Å². The number of ether oxygens (including phenoxy) is 1. The number of nitrogens with zero attached hydrogens (tertiary/aromatic N) is 2. The summed E-state index contributed by atoms with van der Waals surface area (Å²) in [5.74, 6) is 0.773. The van der Waals surface area contributed by atoms with Gasteiger partial charge in [0, 0.05) is 39.2 Å². The van der Waals surface area contributed by atoms with E-state index in [9.17, 15) is 9.59 Å². The molecule has 1 fully saturated rings. The van der Waals surface area contributed by atoms with Gasteiger partial charge in [0.15, 0.2) is 8.32 Å². The lowest BCUT2D eigenvalue weighted by Gasteiger charge is -2.40. The SMILES string of the molecule is CCN(CC)C(=O)C[C@@H](CO[Si](C)(C)C(C)(C)C)C1CCN(C(=O)OC(C)(C)C)CC1. The highest BCUT2D eigenvalue weighted by Crippen LogP contribution is 2.38. The average Bonchev–Trinajstić information content (AvgIpc) is 2.64. The monoisotopic (exact) mass is 456 g/mol. The first-order chi connectivity index (χ1) is 14.1. The van der Waals surface area contributed by atoms with Crippen molar-refractivity contribution in [1.29, 1.82) is 0 Å². The zero-order valence-corrected chi connectivity index (χ0v) is 22.8. The maximum atomic E-state index is 12.9. The fraction of sp³-hybridized carbons (Fsp3) is 0.917. The highest BCUT2D eigenvalue weighted by Gasteiger charge is 2.39. The van der Waals surface area contributed by atoms with Crippen LogP contribution < -0.4 is 0 Å². The smallest absolute Gasteiger partial charge is 0.410 e. The van der Waals surface area contributed by atoms with Crippen molar-refractivity contribution in [1.82, 2.24) is 9.80 Å². The van der Waals surface area contributed by atoms with Crippen LogP contribution in [-0.4, -0.2) is 68.5 Å². The fourth-order valence-corrected chi connectivity index (χ4v) is 4.77. The topological polar surface area (TPSA) is 59.1 Å². The van der Waals surface area contributed by atoms with Gasteiger partial charge in [-0.25, -0.2) is 4.79 Å². The number of piperidine rings is 1. The normalized spacial score (nSPS) is 17.4. The summed E-state index contributed by atoms with van der Waals surface area (Å²) >= 11 is 0. The Balaban J connectivity index is 2.85. The van der Waals surface area contributed by atoms with Crippen LogP contribution >= 0.6 is 0 Å². The highest BCUT2D eigenvalue weighted by molar-refractivity contribution is 6.74. The maximum absolute atomic E-state index is 12.9. The minimum Gasteiger partial charge on any atom is -0.444 e. The van der Waals surface area contributed by atoms with Gasteiger partial charge in [0.1, 0.15) is 5.60 Å². The number of hydrogen-bond donors (Lipinski definition) is 0. The zero-order chi connectivity index (χ0) is 24.0. The summed E-state index contributed by atoms with van der Waals surface area (Å²) in [5, 5.41) is 0.139. The maximum Gasteiger partial charge on any atom is 0.410 e. The van der Waals surface area contributed by atoms with Crippen LogP contribution in [0, 0.1) is 11.8 Å². The third-order valence-electron chi connectivity index (χ3n) is 6.88. The Hall–Kier alpha value is -1.08. The summed E-state index contributed by atoms with van der Waals surface area (Å²) in [7, 11) is -1.89. The van der Waals surface area contributed by atoms with Gasteiger partial charge in [-0.05, 0) is 77.4 Å². The molecule has 0 N–H and O–H groups in total. The lowest BCUT2D eigenvalue weighted by molar-refractivity contribution is -0.132. The Labute approximate surface area is 192 Å². The average molecular weight is 457 g/mol. The summed E-state index contributed by atoms with van der Waals surface area (Å²) in [6, 6.07) is 0. The summed E-state index contributed by atoms with van der Waals surface area (Å²) in [5.41, 5.74) is -0.482. The first kappa shape index (κ1) is 28.0. The predicted octanol–water partition coefficient (Wildman–Crippen LogP) is 5.53. The second kappa shape index (κ2) is 11.2. The highest BCUT2D eigenvalue weighted by atomic mass is 28.4. The zero-order valence-electron chi connectivity index (χ0n) is 21.8. The molecule has 7 heteroatoms. The van der Waals surface area contributed by atoms with Crippen LogP contribution in [-0.2, 0) is 14.0 Å². The van der Waals surface area contributed by atoms with Crippen molar-refractivity contribution in [3.63, 3.8) is 0 Å². The molecule has 0 unspecified atom stereocenters. The van der Waals surface area contributed by atoms with Crippen molar-refractivity contribution < 1.29 is 18.8 Å². The van der Waals surface area contributed by atoms with Gasteiger partial charge in [0.2, 0.25) is 5.91 Å². The van der Waals surface area contributed by atoms with Crippen molar-refractivity contribution >= 4 is 20.3 Å². The van der Waals surface area contributed by atoms with Gasteiger partial charge in [-0.15, -0.1) is 0 Å². The lowest BCUT2D eigenvalue weighted by Crippen LogP contribution is -2.46. The molecule has 31 heavy (non-hydrogen) atoms. The Kier molecular flexibility index (Phi) is 10.1. The Morgan fingerprint density at radius 2 is 1.55 bits per heavy atom. The first-order valence-corrected chi connectivity index (χ1v) is 14.9. The molecule has 0 aromatic heterocycles. The summed E-state index contributed by atoms with van der Waals surface area (Å²) in [6.45, 7) is 24.5. The molecule has 1 rings (SSSR count). The number of hydrogen-bond acceptors (Lipinski definition) is 4.